The Balaban J connectivity index is 1.73. The molecule has 0 radical (unpaired) electrons. The van der Waals surface area contributed by atoms with E-state index in [-0.39, 0.29) is 0 Å². The molecule has 0 aliphatic heterocycles. The molecule has 0 N–H and O–H groups in total. The fourth-order valence-electron chi connectivity index (χ4n) is 3.46. The van der Waals surface area contributed by atoms with Gasteiger partial charge in [-0.25, -0.2) is 0 Å². The Bertz CT molecular complexity index is 1330. The summed E-state index contributed by atoms with van der Waals surface area (Å²) in [4.78, 5) is 4.58. The zero-order valence-corrected chi connectivity index (χ0v) is 14.4. The molecule has 0 saturated carbocycles. The van der Waals surface area contributed by atoms with Crippen molar-refractivity contribution in [1.29, 1.82) is 5.26 Å². The van der Waals surface area contributed by atoms with Gasteiger partial charge in [-0.1, -0.05) is 42.5 Å². The average Bonchev–Trinajstić information content (AvgIpc) is 3.12. The number of furan rings is 1. The molecular formula is C24H14N2O. The van der Waals surface area contributed by atoms with Gasteiger partial charge in [0.15, 0.2) is 0 Å². The Labute approximate surface area is 156 Å². The SMILES string of the molecule is N#Cc1ccc2c(c1)oc1c(-c3cc(-c4ccccc4)ccn3)cccc12. The minimum absolute atomic E-state index is 0.590. The predicted octanol–water partition coefficient (Wildman–Crippen LogP) is 6.19. The number of fused-ring (bicyclic) bond motifs is 3. The standard InChI is InChI=1S/C24H14N2O/c25-15-16-9-10-19-20-7-4-8-21(24(20)27-23(19)13-16)22-14-18(11-12-26-22)17-5-2-1-3-6-17/h1-14H. The van der Waals surface area contributed by atoms with E-state index in [0.29, 0.717) is 5.56 Å². The van der Waals surface area contributed by atoms with Crippen LogP contribution in [0.15, 0.2) is 89.5 Å². The lowest BCUT2D eigenvalue weighted by Gasteiger charge is -2.06. The van der Waals surface area contributed by atoms with Crippen molar-refractivity contribution in [1.82, 2.24) is 4.98 Å². The molecule has 0 unspecified atom stereocenters. The van der Waals surface area contributed by atoms with Crippen LogP contribution in [0.3, 0.4) is 0 Å². The van der Waals surface area contributed by atoms with Gasteiger partial charge in [-0.15, -0.1) is 0 Å². The quantitative estimate of drug-likeness (QED) is 0.383. The van der Waals surface area contributed by atoms with Gasteiger partial charge in [-0.05, 0) is 47.5 Å². The van der Waals surface area contributed by atoms with E-state index < -0.39 is 0 Å². The normalized spacial score (nSPS) is 10.9. The Morgan fingerprint density at radius 3 is 2.52 bits per heavy atom. The second-order valence-electron chi connectivity index (χ2n) is 6.40. The van der Waals surface area contributed by atoms with Gasteiger partial charge in [0.05, 0.1) is 17.3 Å². The molecule has 2 aromatic heterocycles. The topological polar surface area (TPSA) is 49.8 Å². The van der Waals surface area contributed by atoms with Crippen LogP contribution in [-0.2, 0) is 0 Å². The molecule has 3 heteroatoms. The van der Waals surface area contributed by atoms with E-state index in [1.165, 1.54) is 0 Å². The monoisotopic (exact) mass is 346 g/mol. The maximum Gasteiger partial charge on any atom is 0.144 e. The van der Waals surface area contributed by atoms with Crippen molar-refractivity contribution in [2.75, 3.05) is 0 Å². The summed E-state index contributed by atoms with van der Waals surface area (Å²) < 4.78 is 6.13. The molecular weight excluding hydrogens is 332 g/mol. The fraction of sp³-hybridized carbons (Fsp3) is 0. The van der Waals surface area contributed by atoms with Crippen molar-refractivity contribution in [2.24, 2.45) is 0 Å². The van der Waals surface area contributed by atoms with Crippen molar-refractivity contribution >= 4 is 21.9 Å². The van der Waals surface area contributed by atoms with Gasteiger partial charge in [0.1, 0.15) is 11.2 Å². The van der Waals surface area contributed by atoms with Gasteiger partial charge in [0.25, 0.3) is 0 Å². The second kappa shape index (κ2) is 6.12. The van der Waals surface area contributed by atoms with Gasteiger partial charge >= 0.3 is 0 Å². The number of hydrogen-bond acceptors (Lipinski definition) is 3. The summed E-state index contributed by atoms with van der Waals surface area (Å²) in [5.41, 5.74) is 6.17. The molecule has 5 rings (SSSR count). The summed E-state index contributed by atoms with van der Waals surface area (Å²) in [5, 5.41) is 11.2. The summed E-state index contributed by atoms with van der Waals surface area (Å²) in [5.74, 6) is 0. The first-order valence-corrected chi connectivity index (χ1v) is 8.71. The van der Waals surface area contributed by atoms with E-state index >= 15 is 0 Å². The van der Waals surface area contributed by atoms with E-state index in [2.05, 4.69) is 29.3 Å². The van der Waals surface area contributed by atoms with E-state index in [9.17, 15) is 0 Å². The highest BCUT2D eigenvalue weighted by Gasteiger charge is 2.13. The summed E-state index contributed by atoms with van der Waals surface area (Å²) in [7, 11) is 0. The van der Waals surface area contributed by atoms with Crippen molar-refractivity contribution in [2.45, 2.75) is 0 Å². The molecule has 27 heavy (non-hydrogen) atoms. The largest absolute Gasteiger partial charge is 0.455 e. The first kappa shape index (κ1) is 15.4. The van der Waals surface area contributed by atoms with Gasteiger partial charge in [-0.3, -0.25) is 4.98 Å². The fourth-order valence-corrected chi connectivity index (χ4v) is 3.46. The molecule has 3 nitrogen and oxygen atoms in total. The summed E-state index contributed by atoms with van der Waals surface area (Å²) in [6, 6.07) is 28.1. The molecule has 0 saturated heterocycles. The highest BCUT2D eigenvalue weighted by Crippen LogP contribution is 2.36. The number of rotatable bonds is 2. The maximum absolute atomic E-state index is 9.14. The summed E-state index contributed by atoms with van der Waals surface area (Å²) in [6.45, 7) is 0. The highest BCUT2D eigenvalue weighted by atomic mass is 16.3. The van der Waals surface area contributed by atoms with Gasteiger partial charge in [0, 0.05) is 22.5 Å². The minimum atomic E-state index is 0.590. The van der Waals surface area contributed by atoms with Crippen LogP contribution in [0.4, 0.5) is 0 Å². The highest BCUT2D eigenvalue weighted by molar-refractivity contribution is 6.09. The zero-order valence-electron chi connectivity index (χ0n) is 14.4. The third-order valence-electron chi connectivity index (χ3n) is 4.77. The first-order valence-electron chi connectivity index (χ1n) is 8.71. The zero-order chi connectivity index (χ0) is 18.2. The van der Waals surface area contributed by atoms with E-state index in [4.69, 9.17) is 9.68 Å². The molecule has 0 aliphatic carbocycles. The molecule has 0 fully saturated rings. The van der Waals surface area contributed by atoms with Gasteiger partial charge in [-0.2, -0.15) is 5.26 Å². The number of nitriles is 1. The maximum atomic E-state index is 9.14. The minimum Gasteiger partial charge on any atom is -0.455 e. The van der Waals surface area contributed by atoms with Crippen LogP contribution < -0.4 is 0 Å². The average molecular weight is 346 g/mol. The van der Waals surface area contributed by atoms with Crippen LogP contribution in [0, 0.1) is 11.3 Å². The van der Waals surface area contributed by atoms with Crippen LogP contribution in [0.2, 0.25) is 0 Å². The van der Waals surface area contributed by atoms with Gasteiger partial charge in [0.2, 0.25) is 0 Å². The summed E-state index contributed by atoms with van der Waals surface area (Å²) >= 11 is 0. The Morgan fingerprint density at radius 1 is 0.778 bits per heavy atom. The van der Waals surface area contributed by atoms with Gasteiger partial charge < -0.3 is 4.42 Å². The third kappa shape index (κ3) is 2.56. The van der Waals surface area contributed by atoms with Crippen molar-refractivity contribution < 1.29 is 4.42 Å². The molecule has 0 amide bonds. The lowest BCUT2D eigenvalue weighted by atomic mass is 10.0. The molecule has 2 heterocycles. The Kier molecular flexibility index (Phi) is 3.48. The van der Waals surface area contributed by atoms with Crippen LogP contribution in [0.5, 0.6) is 0 Å². The molecule has 0 spiro atoms. The van der Waals surface area contributed by atoms with E-state index in [0.717, 1.165) is 44.3 Å². The first-order chi connectivity index (χ1) is 13.3. The molecule has 126 valence electrons. The molecule has 0 bridgehead atoms. The van der Waals surface area contributed by atoms with Crippen molar-refractivity contribution in [3.63, 3.8) is 0 Å². The van der Waals surface area contributed by atoms with Crippen LogP contribution >= 0.6 is 0 Å². The lowest BCUT2D eigenvalue weighted by Crippen LogP contribution is -1.86. The number of aromatic nitrogens is 1. The van der Waals surface area contributed by atoms with Crippen LogP contribution in [-0.4, -0.2) is 4.98 Å². The lowest BCUT2D eigenvalue weighted by molar-refractivity contribution is 0.669. The third-order valence-corrected chi connectivity index (χ3v) is 4.77. The van der Waals surface area contributed by atoms with Crippen molar-refractivity contribution in [3.05, 3.63) is 90.6 Å². The molecule has 0 atom stereocenters. The molecule has 5 aromatic rings. The predicted molar refractivity (Wildman–Crippen MR) is 107 cm³/mol. The number of benzene rings is 3. The Hall–Kier alpha value is -3.90. The van der Waals surface area contributed by atoms with Crippen LogP contribution in [0.1, 0.15) is 5.56 Å². The molecule has 3 aromatic carbocycles. The number of nitrogens with zero attached hydrogens (tertiary/aromatic N) is 2. The Morgan fingerprint density at radius 2 is 1.67 bits per heavy atom. The number of hydrogen-bond donors (Lipinski definition) is 0. The number of para-hydroxylation sites is 1. The smallest absolute Gasteiger partial charge is 0.144 e. The summed E-state index contributed by atoms with van der Waals surface area (Å²) in [6.07, 6.45) is 1.83. The number of pyridine rings is 1. The van der Waals surface area contributed by atoms with E-state index in [1.54, 1.807) is 6.07 Å². The van der Waals surface area contributed by atoms with E-state index in [1.807, 2.05) is 60.8 Å². The van der Waals surface area contributed by atoms with Crippen molar-refractivity contribution in [3.8, 4) is 28.5 Å². The second-order valence-corrected chi connectivity index (χ2v) is 6.40. The molecule has 0 aliphatic rings. The van der Waals surface area contributed by atoms with Crippen LogP contribution in [0.25, 0.3) is 44.3 Å².